The first kappa shape index (κ1) is 19.7. The van der Waals surface area contributed by atoms with Crippen molar-refractivity contribution in [1.29, 1.82) is 0 Å². The molecule has 6 nitrogen and oxygen atoms in total. The Bertz CT molecular complexity index is 816. The fraction of sp³-hybridized carbons (Fsp3) is 0.211. The van der Waals surface area contributed by atoms with Gasteiger partial charge in [-0.05, 0) is 43.2 Å². The van der Waals surface area contributed by atoms with Gasteiger partial charge in [0, 0.05) is 15.7 Å². The average Bonchev–Trinajstić information content (AvgIpc) is 2.61. The first-order valence-electron chi connectivity index (χ1n) is 8.03. The number of carbonyl (C=O) groups is 3. The highest BCUT2D eigenvalue weighted by Gasteiger charge is 2.11. The highest BCUT2D eigenvalue weighted by Crippen LogP contribution is 2.18. The molecule has 2 aromatic carbocycles. The molecule has 7 heteroatoms. The lowest BCUT2D eigenvalue weighted by Gasteiger charge is -2.12. The summed E-state index contributed by atoms with van der Waals surface area (Å²) in [5.41, 5.74) is 3.09. The van der Waals surface area contributed by atoms with Crippen molar-refractivity contribution < 1.29 is 14.4 Å². The van der Waals surface area contributed by atoms with E-state index in [1.807, 2.05) is 32.0 Å². The Morgan fingerprint density at radius 2 is 1.50 bits per heavy atom. The van der Waals surface area contributed by atoms with Crippen molar-refractivity contribution in [2.75, 3.05) is 18.4 Å². The first-order valence-corrected chi connectivity index (χ1v) is 8.82. The van der Waals surface area contributed by atoms with Crippen molar-refractivity contribution in [2.24, 2.45) is 0 Å². The summed E-state index contributed by atoms with van der Waals surface area (Å²) in [5.74, 6) is -1.12. The zero-order chi connectivity index (χ0) is 19.1. The predicted molar refractivity (Wildman–Crippen MR) is 104 cm³/mol. The number of carbonyl (C=O) groups excluding carboxylic acids is 3. The number of nitrogens with one attached hydrogen (secondary N) is 3. The summed E-state index contributed by atoms with van der Waals surface area (Å²) in [6.07, 6.45) is 0. The van der Waals surface area contributed by atoms with Gasteiger partial charge < -0.3 is 16.0 Å². The van der Waals surface area contributed by atoms with Crippen LogP contribution in [-0.4, -0.2) is 30.8 Å². The molecule has 2 rings (SSSR count). The lowest BCUT2D eigenvalue weighted by molar-refractivity contribution is -0.123. The van der Waals surface area contributed by atoms with Crippen LogP contribution in [0.5, 0.6) is 0 Å². The summed E-state index contributed by atoms with van der Waals surface area (Å²) < 4.78 is 0.776. The van der Waals surface area contributed by atoms with Gasteiger partial charge in [0.2, 0.25) is 11.8 Å². The predicted octanol–water partition coefficient (Wildman–Crippen LogP) is 2.55. The number of benzene rings is 2. The van der Waals surface area contributed by atoms with E-state index in [1.165, 1.54) is 0 Å². The van der Waals surface area contributed by atoms with Crippen molar-refractivity contribution in [1.82, 2.24) is 10.6 Å². The fourth-order valence-corrected chi connectivity index (χ4v) is 2.73. The normalized spacial score (nSPS) is 10.1. The Morgan fingerprint density at radius 3 is 2.15 bits per heavy atom. The minimum atomic E-state index is -0.440. The minimum absolute atomic E-state index is 0.167. The Labute approximate surface area is 160 Å². The van der Waals surface area contributed by atoms with Gasteiger partial charge >= 0.3 is 0 Å². The molecule has 0 aromatic heterocycles. The molecule has 0 spiro atoms. The van der Waals surface area contributed by atoms with Gasteiger partial charge in [-0.15, -0.1) is 0 Å². The van der Waals surface area contributed by atoms with Crippen molar-refractivity contribution >= 4 is 39.3 Å². The molecule has 2 aromatic rings. The maximum atomic E-state index is 12.0. The number of amides is 3. The van der Waals surface area contributed by atoms with Crippen LogP contribution < -0.4 is 16.0 Å². The van der Waals surface area contributed by atoms with E-state index < -0.39 is 5.91 Å². The molecule has 3 N–H and O–H groups in total. The summed E-state index contributed by atoms with van der Waals surface area (Å²) in [5, 5.41) is 7.78. The third-order valence-electron chi connectivity index (χ3n) is 3.69. The van der Waals surface area contributed by atoms with Crippen LogP contribution in [-0.2, 0) is 9.59 Å². The Hall–Kier alpha value is -2.67. The second-order valence-electron chi connectivity index (χ2n) is 5.78. The summed E-state index contributed by atoms with van der Waals surface area (Å²) in [6.45, 7) is 3.43. The molecule has 0 aliphatic carbocycles. The Balaban J connectivity index is 1.78. The number of hydrogen-bond acceptors (Lipinski definition) is 3. The average molecular weight is 418 g/mol. The van der Waals surface area contributed by atoms with Crippen LogP contribution in [0.15, 0.2) is 46.9 Å². The minimum Gasteiger partial charge on any atom is -0.345 e. The molecule has 0 bridgehead atoms. The summed E-state index contributed by atoms with van der Waals surface area (Å²) in [4.78, 5) is 35.8. The number of halogens is 1. The van der Waals surface area contributed by atoms with Crippen LogP contribution >= 0.6 is 15.9 Å². The SMILES string of the molecule is Cc1cccc(C)c1NC(=O)CNC(=O)CNC(=O)c1cccc(Br)c1. The van der Waals surface area contributed by atoms with Gasteiger partial charge in [0.25, 0.3) is 5.91 Å². The molecule has 0 unspecified atom stereocenters. The number of para-hydroxylation sites is 1. The van der Waals surface area contributed by atoms with E-state index in [0.29, 0.717) is 5.56 Å². The van der Waals surface area contributed by atoms with Gasteiger partial charge in [0.1, 0.15) is 0 Å². The molecule has 26 heavy (non-hydrogen) atoms. The third kappa shape index (κ3) is 5.70. The van der Waals surface area contributed by atoms with Crippen LogP contribution in [0.3, 0.4) is 0 Å². The molecular formula is C19H20BrN3O3. The van der Waals surface area contributed by atoms with Gasteiger partial charge in [-0.2, -0.15) is 0 Å². The van der Waals surface area contributed by atoms with Crippen LogP contribution in [0.4, 0.5) is 5.69 Å². The monoisotopic (exact) mass is 417 g/mol. The highest BCUT2D eigenvalue weighted by molar-refractivity contribution is 9.10. The van der Waals surface area contributed by atoms with Crippen molar-refractivity contribution in [3.05, 3.63) is 63.6 Å². The molecule has 0 fully saturated rings. The van der Waals surface area contributed by atoms with E-state index in [2.05, 4.69) is 31.9 Å². The maximum Gasteiger partial charge on any atom is 0.251 e. The Morgan fingerprint density at radius 1 is 0.885 bits per heavy atom. The number of anilines is 1. The number of hydrogen-bond donors (Lipinski definition) is 3. The molecule has 0 saturated carbocycles. The fourth-order valence-electron chi connectivity index (χ4n) is 2.33. The van der Waals surface area contributed by atoms with E-state index in [4.69, 9.17) is 0 Å². The highest BCUT2D eigenvalue weighted by atomic mass is 79.9. The molecule has 3 amide bonds. The summed E-state index contributed by atoms with van der Waals surface area (Å²) in [7, 11) is 0. The molecule has 0 atom stereocenters. The van der Waals surface area contributed by atoms with E-state index in [-0.39, 0.29) is 24.9 Å². The van der Waals surface area contributed by atoms with E-state index in [0.717, 1.165) is 21.3 Å². The summed E-state index contributed by atoms with van der Waals surface area (Å²) in [6, 6.07) is 12.6. The van der Waals surface area contributed by atoms with Gasteiger partial charge in [-0.25, -0.2) is 0 Å². The molecule has 136 valence electrons. The van der Waals surface area contributed by atoms with Gasteiger partial charge in [0.15, 0.2) is 0 Å². The summed E-state index contributed by atoms with van der Waals surface area (Å²) >= 11 is 3.28. The Kier molecular flexibility index (Phi) is 6.91. The molecule has 0 aliphatic heterocycles. The van der Waals surface area contributed by atoms with Crippen molar-refractivity contribution in [2.45, 2.75) is 13.8 Å². The van der Waals surface area contributed by atoms with Crippen LogP contribution in [0.25, 0.3) is 0 Å². The van der Waals surface area contributed by atoms with E-state index in [1.54, 1.807) is 24.3 Å². The molecule has 0 saturated heterocycles. The lowest BCUT2D eigenvalue weighted by atomic mass is 10.1. The quantitative estimate of drug-likeness (QED) is 0.674. The van der Waals surface area contributed by atoms with Gasteiger partial charge in [-0.1, -0.05) is 40.2 Å². The second-order valence-corrected chi connectivity index (χ2v) is 6.70. The van der Waals surface area contributed by atoms with Crippen molar-refractivity contribution in [3.63, 3.8) is 0 Å². The molecule has 0 heterocycles. The largest absolute Gasteiger partial charge is 0.345 e. The molecule has 0 aliphatic rings. The standard InChI is InChI=1S/C19H20BrN3O3/c1-12-5-3-6-13(2)18(12)23-17(25)11-21-16(24)10-22-19(26)14-7-4-8-15(20)9-14/h3-9H,10-11H2,1-2H3,(H,21,24)(H,22,26)(H,23,25). The van der Waals surface area contributed by atoms with Gasteiger partial charge in [0.05, 0.1) is 13.1 Å². The lowest BCUT2D eigenvalue weighted by Crippen LogP contribution is -2.40. The van der Waals surface area contributed by atoms with Crippen LogP contribution in [0, 0.1) is 13.8 Å². The van der Waals surface area contributed by atoms with Crippen molar-refractivity contribution in [3.8, 4) is 0 Å². The first-order chi connectivity index (χ1) is 12.4. The molecular weight excluding hydrogens is 398 g/mol. The third-order valence-corrected chi connectivity index (χ3v) is 4.18. The maximum absolute atomic E-state index is 12.0. The smallest absolute Gasteiger partial charge is 0.251 e. The zero-order valence-electron chi connectivity index (χ0n) is 14.6. The van der Waals surface area contributed by atoms with Gasteiger partial charge in [-0.3, -0.25) is 14.4 Å². The second kappa shape index (κ2) is 9.15. The molecule has 0 radical (unpaired) electrons. The topological polar surface area (TPSA) is 87.3 Å². The van der Waals surface area contributed by atoms with E-state index >= 15 is 0 Å². The number of rotatable bonds is 6. The van der Waals surface area contributed by atoms with Crippen LogP contribution in [0.1, 0.15) is 21.5 Å². The zero-order valence-corrected chi connectivity index (χ0v) is 16.1. The van der Waals surface area contributed by atoms with Crippen LogP contribution in [0.2, 0.25) is 0 Å². The van der Waals surface area contributed by atoms with E-state index in [9.17, 15) is 14.4 Å². The number of aryl methyl sites for hydroxylation is 2.